The first kappa shape index (κ1) is 11.3. The number of aryl methyl sites for hydroxylation is 1. The van der Waals surface area contributed by atoms with Crippen LogP contribution in [0.2, 0.25) is 0 Å². The van der Waals surface area contributed by atoms with Crippen LogP contribution in [-0.2, 0) is 6.42 Å². The molecule has 0 atom stereocenters. The van der Waals surface area contributed by atoms with Crippen molar-refractivity contribution in [3.8, 4) is 0 Å². The molecule has 0 amide bonds. The third kappa shape index (κ3) is 4.44. The number of hydrazine groups is 1. The van der Waals surface area contributed by atoms with Gasteiger partial charge in [-0.15, -0.1) is 0 Å². The van der Waals surface area contributed by atoms with Gasteiger partial charge in [-0.2, -0.15) is 0 Å². The van der Waals surface area contributed by atoms with Gasteiger partial charge in [0.25, 0.3) is 0 Å². The molecular weight excluding hydrogens is 171 g/mol. The second-order valence-electron chi connectivity index (χ2n) is 3.28. The molecule has 0 unspecified atom stereocenters. The first-order chi connectivity index (χ1) is 6.83. The van der Waals surface area contributed by atoms with Gasteiger partial charge >= 0.3 is 0 Å². The number of rotatable bonds is 6. The lowest BCUT2D eigenvalue weighted by atomic mass is 10.1. The molecule has 1 rings (SSSR count). The van der Waals surface area contributed by atoms with E-state index in [0.29, 0.717) is 0 Å². The lowest BCUT2D eigenvalue weighted by molar-refractivity contribution is 0.348. The Bertz CT molecular complexity index is 238. The van der Waals surface area contributed by atoms with Crippen LogP contribution in [0, 0.1) is 0 Å². The van der Waals surface area contributed by atoms with E-state index in [4.69, 9.17) is 7.98 Å². The molecule has 2 nitrogen and oxygen atoms in total. The predicted molar refractivity (Wildman–Crippen MR) is 60.9 cm³/mol. The third-order valence-electron chi connectivity index (χ3n) is 2.14. The SMILES string of the molecule is [B]N(CC)NCCCc1ccccc1. The van der Waals surface area contributed by atoms with E-state index in [1.54, 1.807) is 4.92 Å². The van der Waals surface area contributed by atoms with Crippen molar-refractivity contribution in [3.63, 3.8) is 0 Å². The van der Waals surface area contributed by atoms with Gasteiger partial charge in [0.1, 0.15) is 0 Å². The lowest BCUT2D eigenvalue weighted by Gasteiger charge is -2.15. The van der Waals surface area contributed by atoms with Crippen LogP contribution < -0.4 is 5.43 Å². The van der Waals surface area contributed by atoms with Gasteiger partial charge in [-0.05, 0) is 24.9 Å². The highest BCUT2D eigenvalue weighted by atomic mass is 15.4. The van der Waals surface area contributed by atoms with Crippen LogP contribution >= 0.6 is 0 Å². The Hall–Kier alpha value is -0.795. The molecule has 0 spiro atoms. The molecule has 74 valence electrons. The molecule has 0 fully saturated rings. The van der Waals surface area contributed by atoms with Crippen molar-refractivity contribution in [1.82, 2.24) is 10.3 Å². The summed E-state index contributed by atoms with van der Waals surface area (Å²) in [7, 11) is 5.57. The Morgan fingerprint density at radius 3 is 2.64 bits per heavy atom. The van der Waals surface area contributed by atoms with Crippen LogP contribution in [0.3, 0.4) is 0 Å². The maximum absolute atomic E-state index is 5.57. The molecule has 1 aromatic rings. The van der Waals surface area contributed by atoms with Gasteiger partial charge in [-0.25, -0.2) is 0 Å². The largest absolute Gasteiger partial charge is 0.298 e. The van der Waals surface area contributed by atoms with E-state index < -0.39 is 0 Å². The minimum absolute atomic E-state index is 0.825. The van der Waals surface area contributed by atoms with Crippen molar-refractivity contribution in [3.05, 3.63) is 35.9 Å². The van der Waals surface area contributed by atoms with Crippen molar-refractivity contribution in [2.75, 3.05) is 13.1 Å². The molecule has 14 heavy (non-hydrogen) atoms. The fourth-order valence-electron chi connectivity index (χ4n) is 1.27. The van der Waals surface area contributed by atoms with Gasteiger partial charge in [-0.3, -0.25) is 10.3 Å². The molecule has 0 aromatic heterocycles. The van der Waals surface area contributed by atoms with E-state index in [1.165, 1.54) is 5.56 Å². The van der Waals surface area contributed by atoms with E-state index in [2.05, 4.69) is 29.7 Å². The number of hydrogen-bond acceptors (Lipinski definition) is 2. The molecule has 0 saturated carbocycles. The molecule has 0 aliphatic carbocycles. The smallest absolute Gasteiger partial charge is 0.206 e. The number of benzene rings is 1. The maximum Gasteiger partial charge on any atom is 0.206 e. The van der Waals surface area contributed by atoms with E-state index in [1.807, 2.05) is 13.0 Å². The van der Waals surface area contributed by atoms with E-state index in [9.17, 15) is 0 Å². The summed E-state index contributed by atoms with van der Waals surface area (Å²) in [5.41, 5.74) is 4.50. The van der Waals surface area contributed by atoms with Crippen LogP contribution in [0.5, 0.6) is 0 Å². The van der Waals surface area contributed by atoms with Crippen LogP contribution in [-0.4, -0.2) is 26.0 Å². The molecule has 0 saturated heterocycles. The van der Waals surface area contributed by atoms with Gasteiger partial charge in [0.15, 0.2) is 0 Å². The highest BCUT2D eigenvalue weighted by Gasteiger charge is 1.93. The van der Waals surface area contributed by atoms with Crippen molar-refractivity contribution < 1.29 is 0 Å². The Balaban J connectivity index is 2.10. The van der Waals surface area contributed by atoms with Crippen molar-refractivity contribution in [1.29, 1.82) is 0 Å². The van der Waals surface area contributed by atoms with Gasteiger partial charge in [0.2, 0.25) is 7.98 Å². The zero-order chi connectivity index (χ0) is 10.2. The molecule has 0 aliphatic rings. The normalized spacial score (nSPS) is 10.7. The minimum atomic E-state index is 0.825. The summed E-state index contributed by atoms with van der Waals surface area (Å²) < 4.78 is 0. The first-order valence-electron chi connectivity index (χ1n) is 5.12. The standard InChI is InChI=1S/C11H17BN2/c1-2-14(12)13-10-6-9-11-7-4-3-5-8-11/h3-5,7-8,13H,2,6,9-10H2,1H3. The summed E-state index contributed by atoms with van der Waals surface area (Å²) in [5, 5.41) is 0. The zero-order valence-electron chi connectivity index (χ0n) is 8.74. The quantitative estimate of drug-likeness (QED) is 0.413. The molecule has 1 N–H and O–H groups in total. The molecule has 1 aromatic carbocycles. The molecule has 0 bridgehead atoms. The average molecular weight is 188 g/mol. The van der Waals surface area contributed by atoms with Crippen molar-refractivity contribution in [2.45, 2.75) is 19.8 Å². The maximum atomic E-state index is 5.57. The Labute approximate surface area is 87.7 Å². The van der Waals surface area contributed by atoms with Crippen molar-refractivity contribution in [2.24, 2.45) is 0 Å². The predicted octanol–water partition coefficient (Wildman–Crippen LogP) is 1.53. The summed E-state index contributed by atoms with van der Waals surface area (Å²) in [5.74, 6) is 0. The average Bonchev–Trinajstić information content (AvgIpc) is 2.25. The Morgan fingerprint density at radius 1 is 1.29 bits per heavy atom. The minimum Gasteiger partial charge on any atom is -0.298 e. The van der Waals surface area contributed by atoms with Crippen LogP contribution in [0.15, 0.2) is 30.3 Å². The lowest BCUT2D eigenvalue weighted by Crippen LogP contribution is -2.36. The summed E-state index contributed by atoms with van der Waals surface area (Å²) in [6.07, 6.45) is 2.21. The highest BCUT2D eigenvalue weighted by molar-refractivity contribution is 6.03. The van der Waals surface area contributed by atoms with E-state index in [-0.39, 0.29) is 0 Å². The molecule has 2 radical (unpaired) electrons. The molecule has 0 heterocycles. The Kier molecular flexibility index (Phi) is 5.34. The van der Waals surface area contributed by atoms with Gasteiger partial charge < -0.3 is 0 Å². The fourth-order valence-corrected chi connectivity index (χ4v) is 1.27. The topological polar surface area (TPSA) is 15.3 Å². The zero-order valence-corrected chi connectivity index (χ0v) is 8.74. The van der Waals surface area contributed by atoms with Crippen molar-refractivity contribution >= 4 is 7.98 Å². The molecular formula is C11H17BN2. The third-order valence-corrected chi connectivity index (χ3v) is 2.14. The second-order valence-corrected chi connectivity index (χ2v) is 3.28. The summed E-state index contributed by atoms with van der Waals surface area (Å²) >= 11 is 0. The summed E-state index contributed by atoms with van der Waals surface area (Å²) in [6.45, 7) is 3.77. The fraction of sp³-hybridized carbons (Fsp3) is 0.455. The van der Waals surface area contributed by atoms with Crippen LogP contribution in [0.1, 0.15) is 18.9 Å². The van der Waals surface area contributed by atoms with Crippen LogP contribution in [0.4, 0.5) is 0 Å². The van der Waals surface area contributed by atoms with Gasteiger partial charge in [0, 0.05) is 6.54 Å². The molecule has 0 aliphatic heterocycles. The number of nitrogens with one attached hydrogen (secondary N) is 1. The van der Waals surface area contributed by atoms with E-state index >= 15 is 0 Å². The van der Waals surface area contributed by atoms with E-state index in [0.717, 1.165) is 25.9 Å². The van der Waals surface area contributed by atoms with Crippen LogP contribution in [0.25, 0.3) is 0 Å². The van der Waals surface area contributed by atoms with Gasteiger partial charge in [0.05, 0.1) is 0 Å². The summed E-state index contributed by atoms with van der Waals surface area (Å²) in [6, 6.07) is 10.5. The summed E-state index contributed by atoms with van der Waals surface area (Å²) in [4.78, 5) is 1.62. The number of hydrogen-bond donors (Lipinski definition) is 1. The monoisotopic (exact) mass is 188 g/mol. The number of nitrogens with zero attached hydrogens (tertiary/aromatic N) is 1. The Morgan fingerprint density at radius 2 is 2.00 bits per heavy atom. The molecule has 3 heteroatoms. The second kappa shape index (κ2) is 6.63. The first-order valence-corrected chi connectivity index (χ1v) is 5.12. The van der Waals surface area contributed by atoms with Gasteiger partial charge in [-0.1, -0.05) is 37.3 Å². The highest BCUT2D eigenvalue weighted by Crippen LogP contribution is 2.01.